The third-order valence-corrected chi connectivity index (χ3v) is 5.03. The Hall–Kier alpha value is -0.0800. The molecule has 0 aromatic carbocycles. The molecule has 92 valence electrons. The van der Waals surface area contributed by atoms with E-state index >= 15 is 0 Å². The van der Waals surface area contributed by atoms with Gasteiger partial charge in [-0.05, 0) is 37.6 Å². The second-order valence-corrected chi connectivity index (χ2v) is 6.32. The predicted octanol–water partition coefficient (Wildman–Crippen LogP) is 2.39. The summed E-state index contributed by atoms with van der Waals surface area (Å²) in [6.45, 7) is 5.32. The van der Waals surface area contributed by atoms with Crippen molar-refractivity contribution in [2.75, 3.05) is 26.2 Å². The van der Waals surface area contributed by atoms with Gasteiger partial charge in [0.2, 0.25) is 0 Å². The molecular formula is C14H26N2. The molecule has 1 N–H and O–H groups in total. The predicted molar refractivity (Wildman–Crippen MR) is 67.6 cm³/mol. The molecule has 2 heterocycles. The highest BCUT2D eigenvalue weighted by molar-refractivity contribution is 4.99. The van der Waals surface area contributed by atoms with E-state index in [4.69, 9.17) is 0 Å². The highest BCUT2D eigenvalue weighted by Gasteiger charge is 2.45. The van der Waals surface area contributed by atoms with Crippen molar-refractivity contribution in [2.45, 2.75) is 57.4 Å². The minimum atomic E-state index is 0.768. The summed E-state index contributed by atoms with van der Waals surface area (Å²) >= 11 is 0. The second-order valence-electron chi connectivity index (χ2n) is 6.32. The number of rotatable bonds is 1. The second kappa shape index (κ2) is 4.66. The molecule has 1 saturated carbocycles. The summed E-state index contributed by atoms with van der Waals surface area (Å²) in [5.41, 5.74) is 0.768. The van der Waals surface area contributed by atoms with Crippen LogP contribution in [0.5, 0.6) is 0 Å². The van der Waals surface area contributed by atoms with Gasteiger partial charge < -0.3 is 5.32 Å². The van der Waals surface area contributed by atoms with Gasteiger partial charge in [0.15, 0.2) is 0 Å². The number of nitrogens with zero attached hydrogens (tertiary/aromatic N) is 1. The summed E-state index contributed by atoms with van der Waals surface area (Å²) in [4.78, 5) is 2.77. The van der Waals surface area contributed by atoms with Crippen molar-refractivity contribution in [2.24, 2.45) is 5.41 Å². The molecule has 2 heteroatoms. The van der Waals surface area contributed by atoms with Crippen LogP contribution in [0.4, 0.5) is 0 Å². The van der Waals surface area contributed by atoms with Crippen LogP contribution in [0.2, 0.25) is 0 Å². The fraction of sp³-hybridized carbons (Fsp3) is 1.00. The lowest BCUT2D eigenvalue weighted by molar-refractivity contribution is -0.0552. The molecule has 0 bridgehead atoms. The zero-order valence-electron chi connectivity index (χ0n) is 10.5. The van der Waals surface area contributed by atoms with E-state index in [1.54, 1.807) is 0 Å². The molecule has 0 aromatic rings. The van der Waals surface area contributed by atoms with Crippen LogP contribution >= 0.6 is 0 Å². The van der Waals surface area contributed by atoms with Gasteiger partial charge in [-0.2, -0.15) is 0 Å². The van der Waals surface area contributed by atoms with Crippen molar-refractivity contribution in [1.82, 2.24) is 10.2 Å². The lowest BCUT2D eigenvalue weighted by Crippen LogP contribution is -2.61. The first kappa shape index (κ1) is 11.0. The van der Waals surface area contributed by atoms with E-state index in [1.165, 1.54) is 77.5 Å². The third kappa shape index (κ3) is 2.14. The van der Waals surface area contributed by atoms with Crippen molar-refractivity contribution in [1.29, 1.82) is 0 Å². The Bertz CT molecular complexity index is 217. The summed E-state index contributed by atoms with van der Waals surface area (Å²) < 4.78 is 0. The van der Waals surface area contributed by atoms with Gasteiger partial charge in [0.25, 0.3) is 0 Å². The van der Waals surface area contributed by atoms with Crippen LogP contribution in [0, 0.1) is 5.41 Å². The SMILES string of the molecule is C1CCC2(CC1)CN(C1CCCCNC1)C2. The summed E-state index contributed by atoms with van der Waals surface area (Å²) in [5.74, 6) is 0. The number of nitrogens with one attached hydrogen (secondary N) is 1. The lowest BCUT2D eigenvalue weighted by atomic mass is 9.68. The van der Waals surface area contributed by atoms with Crippen LogP contribution in [-0.4, -0.2) is 37.1 Å². The molecule has 1 atom stereocenters. The zero-order valence-corrected chi connectivity index (χ0v) is 10.5. The molecular weight excluding hydrogens is 196 g/mol. The molecule has 2 nitrogen and oxygen atoms in total. The van der Waals surface area contributed by atoms with E-state index in [9.17, 15) is 0 Å². The van der Waals surface area contributed by atoms with Gasteiger partial charge in [0.1, 0.15) is 0 Å². The average Bonchev–Trinajstić information content (AvgIpc) is 2.55. The summed E-state index contributed by atoms with van der Waals surface area (Å²) in [6, 6.07) is 0.857. The van der Waals surface area contributed by atoms with Crippen LogP contribution in [0.1, 0.15) is 51.4 Å². The normalized spacial score (nSPS) is 35.6. The highest BCUT2D eigenvalue weighted by atomic mass is 15.2. The number of hydrogen-bond acceptors (Lipinski definition) is 2. The molecule has 1 unspecified atom stereocenters. The van der Waals surface area contributed by atoms with Gasteiger partial charge in [-0.3, -0.25) is 4.90 Å². The average molecular weight is 222 g/mol. The molecule has 2 saturated heterocycles. The molecule has 16 heavy (non-hydrogen) atoms. The van der Waals surface area contributed by atoms with Gasteiger partial charge in [0, 0.05) is 25.7 Å². The van der Waals surface area contributed by atoms with E-state index in [0.29, 0.717) is 0 Å². The topological polar surface area (TPSA) is 15.3 Å². The van der Waals surface area contributed by atoms with E-state index in [1.807, 2.05) is 0 Å². The molecule has 0 amide bonds. The Labute approximate surface area is 99.8 Å². The molecule has 1 aliphatic carbocycles. The standard InChI is InChI=1S/C14H26N2/c1-3-7-14(8-4-1)11-16(12-14)13-6-2-5-9-15-10-13/h13,15H,1-12H2. The first-order valence-electron chi connectivity index (χ1n) is 7.33. The van der Waals surface area contributed by atoms with Gasteiger partial charge in [0.05, 0.1) is 0 Å². The van der Waals surface area contributed by atoms with Crippen molar-refractivity contribution >= 4 is 0 Å². The van der Waals surface area contributed by atoms with Gasteiger partial charge in [-0.15, -0.1) is 0 Å². The molecule has 3 aliphatic rings. The van der Waals surface area contributed by atoms with Crippen molar-refractivity contribution in [3.63, 3.8) is 0 Å². The molecule has 0 radical (unpaired) electrons. The first-order chi connectivity index (χ1) is 7.88. The fourth-order valence-corrected chi connectivity index (χ4v) is 4.00. The van der Waals surface area contributed by atoms with Crippen LogP contribution < -0.4 is 5.32 Å². The molecule has 3 fully saturated rings. The maximum atomic E-state index is 3.60. The minimum absolute atomic E-state index is 0.768. The molecule has 1 spiro atoms. The van der Waals surface area contributed by atoms with E-state index in [-0.39, 0.29) is 0 Å². The van der Waals surface area contributed by atoms with Crippen molar-refractivity contribution in [3.05, 3.63) is 0 Å². The van der Waals surface area contributed by atoms with Crippen LogP contribution in [-0.2, 0) is 0 Å². The number of hydrogen-bond donors (Lipinski definition) is 1. The summed E-state index contributed by atoms with van der Waals surface area (Å²) in [5, 5.41) is 3.60. The minimum Gasteiger partial charge on any atom is -0.315 e. The van der Waals surface area contributed by atoms with Crippen LogP contribution in [0.15, 0.2) is 0 Å². The maximum absolute atomic E-state index is 3.60. The zero-order chi connectivity index (χ0) is 10.8. The van der Waals surface area contributed by atoms with E-state index in [0.717, 1.165) is 11.5 Å². The molecule has 0 aromatic heterocycles. The van der Waals surface area contributed by atoms with E-state index in [2.05, 4.69) is 10.2 Å². The Kier molecular flexibility index (Phi) is 3.21. The van der Waals surface area contributed by atoms with Gasteiger partial charge >= 0.3 is 0 Å². The Morgan fingerprint density at radius 2 is 1.75 bits per heavy atom. The van der Waals surface area contributed by atoms with Crippen molar-refractivity contribution < 1.29 is 0 Å². The van der Waals surface area contributed by atoms with E-state index < -0.39 is 0 Å². The van der Waals surface area contributed by atoms with Crippen LogP contribution in [0.25, 0.3) is 0 Å². The van der Waals surface area contributed by atoms with Crippen LogP contribution in [0.3, 0.4) is 0 Å². The monoisotopic (exact) mass is 222 g/mol. The summed E-state index contributed by atoms with van der Waals surface area (Å²) in [6.07, 6.45) is 11.8. The molecule has 2 aliphatic heterocycles. The van der Waals surface area contributed by atoms with Gasteiger partial charge in [-0.25, -0.2) is 0 Å². The largest absolute Gasteiger partial charge is 0.315 e. The smallest absolute Gasteiger partial charge is 0.0221 e. The summed E-state index contributed by atoms with van der Waals surface area (Å²) in [7, 11) is 0. The third-order valence-electron chi connectivity index (χ3n) is 5.03. The highest BCUT2D eigenvalue weighted by Crippen LogP contribution is 2.44. The van der Waals surface area contributed by atoms with Gasteiger partial charge in [-0.1, -0.05) is 25.7 Å². The quantitative estimate of drug-likeness (QED) is 0.733. The first-order valence-corrected chi connectivity index (χ1v) is 7.33. The Balaban J connectivity index is 1.51. The maximum Gasteiger partial charge on any atom is 0.0221 e. The fourth-order valence-electron chi connectivity index (χ4n) is 4.00. The molecule has 3 rings (SSSR count). The lowest BCUT2D eigenvalue weighted by Gasteiger charge is -2.55. The Morgan fingerprint density at radius 1 is 0.938 bits per heavy atom. The van der Waals surface area contributed by atoms with Crippen molar-refractivity contribution in [3.8, 4) is 0 Å². The number of likely N-dealkylation sites (tertiary alicyclic amines) is 1. The Morgan fingerprint density at radius 3 is 2.56 bits per heavy atom.